The first kappa shape index (κ1) is 20.6. The van der Waals surface area contributed by atoms with Crippen LogP contribution in [-0.4, -0.2) is 71.6 Å². The van der Waals surface area contributed by atoms with Crippen molar-refractivity contribution in [2.45, 2.75) is 38.8 Å². The van der Waals surface area contributed by atoms with Gasteiger partial charge in [0.1, 0.15) is 11.6 Å². The van der Waals surface area contributed by atoms with Gasteiger partial charge in [-0.05, 0) is 32.9 Å². The van der Waals surface area contributed by atoms with Crippen molar-refractivity contribution in [3.05, 3.63) is 30.3 Å². The number of hydrogen-bond acceptors (Lipinski definition) is 5. The summed E-state index contributed by atoms with van der Waals surface area (Å²) in [5, 5.41) is 2.58. The average molecular weight is 402 g/mol. The van der Waals surface area contributed by atoms with Crippen molar-refractivity contribution in [3.63, 3.8) is 0 Å². The van der Waals surface area contributed by atoms with Gasteiger partial charge < -0.3 is 19.9 Å². The Morgan fingerprint density at radius 2 is 1.62 bits per heavy atom. The third-order valence-corrected chi connectivity index (χ3v) is 4.70. The highest BCUT2D eigenvalue weighted by atomic mass is 16.6. The number of rotatable bonds is 3. The zero-order valence-electron chi connectivity index (χ0n) is 16.9. The van der Waals surface area contributed by atoms with E-state index in [-0.39, 0.29) is 12.3 Å². The van der Waals surface area contributed by atoms with E-state index in [2.05, 4.69) is 5.32 Å². The van der Waals surface area contributed by atoms with Crippen LogP contribution in [0.2, 0.25) is 0 Å². The first-order valence-corrected chi connectivity index (χ1v) is 9.61. The van der Waals surface area contributed by atoms with Gasteiger partial charge in [0, 0.05) is 26.2 Å². The molecule has 0 aromatic heterocycles. The molecule has 0 aliphatic carbocycles. The molecule has 9 heteroatoms. The summed E-state index contributed by atoms with van der Waals surface area (Å²) >= 11 is 0. The van der Waals surface area contributed by atoms with E-state index in [4.69, 9.17) is 4.74 Å². The van der Waals surface area contributed by atoms with Gasteiger partial charge in [0.2, 0.25) is 5.91 Å². The minimum Gasteiger partial charge on any atom is -0.444 e. The zero-order chi connectivity index (χ0) is 21.2. The maximum Gasteiger partial charge on any atom is 0.410 e. The molecule has 1 aromatic rings. The molecule has 29 heavy (non-hydrogen) atoms. The summed E-state index contributed by atoms with van der Waals surface area (Å²) in [4.78, 5) is 53.8. The Morgan fingerprint density at radius 1 is 1.03 bits per heavy atom. The normalized spacial score (nSPS) is 20.0. The predicted octanol–water partition coefficient (Wildman–Crippen LogP) is 1.58. The molecule has 2 heterocycles. The number of hydrogen-bond donors (Lipinski definition) is 1. The van der Waals surface area contributed by atoms with Crippen LogP contribution in [-0.2, 0) is 14.3 Å². The Kier molecular flexibility index (Phi) is 5.76. The van der Waals surface area contributed by atoms with Crippen LogP contribution in [0.4, 0.5) is 15.3 Å². The summed E-state index contributed by atoms with van der Waals surface area (Å²) in [6.45, 7) is 6.84. The van der Waals surface area contributed by atoms with Gasteiger partial charge >= 0.3 is 12.1 Å². The third-order valence-electron chi connectivity index (χ3n) is 4.70. The summed E-state index contributed by atoms with van der Waals surface area (Å²) < 4.78 is 5.35. The molecule has 5 amide bonds. The van der Waals surface area contributed by atoms with E-state index >= 15 is 0 Å². The zero-order valence-corrected chi connectivity index (χ0v) is 16.9. The van der Waals surface area contributed by atoms with Crippen LogP contribution in [0.1, 0.15) is 27.2 Å². The van der Waals surface area contributed by atoms with Crippen molar-refractivity contribution in [1.82, 2.24) is 15.1 Å². The van der Waals surface area contributed by atoms with Crippen molar-refractivity contribution in [3.8, 4) is 0 Å². The number of nitrogens with zero attached hydrogens (tertiary/aromatic N) is 3. The molecule has 2 saturated heterocycles. The SMILES string of the molecule is CC(C)(C)OC(=O)N1CCN(C(=O)C[C@H]2NC(=O)N(c3ccccc3)C2=O)CC1. The molecule has 2 aliphatic heterocycles. The fourth-order valence-electron chi connectivity index (χ4n) is 3.26. The lowest BCUT2D eigenvalue weighted by molar-refractivity contribution is -0.135. The van der Waals surface area contributed by atoms with Gasteiger partial charge in [-0.2, -0.15) is 0 Å². The van der Waals surface area contributed by atoms with Crippen molar-refractivity contribution >= 4 is 29.6 Å². The van der Waals surface area contributed by atoms with Gasteiger partial charge in [-0.25, -0.2) is 14.5 Å². The molecule has 9 nitrogen and oxygen atoms in total. The molecular formula is C20H26N4O5. The van der Waals surface area contributed by atoms with E-state index in [1.54, 1.807) is 60.9 Å². The number of urea groups is 1. The molecule has 0 bridgehead atoms. The highest BCUT2D eigenvalue weighted by Gasteiger charge is 2.41. The van der Waals surface area contributed by atoms with Crippen LogP contribution in [0.5, 0.6) is 0 Å². The van der Waals surface area contributed by atoms with Crippen molar-refractivity contribution in [1.29, 1.82) is 0 Å². The van der Waals surface area contributed by atoms with Crippen LogP contribution >= 0.6 is 0 Å². The van der Waals surface area contributed by atoms with E-state index in [0.29, 0.717) is 31.9 Å². The summed E-state index contributed by atoms with van der Waals surface area (Å²) in [5.74, 6) is -0.677. The van der Waals surface area contributed by atoms with E-state index in [1.165, 1.54) is 0 Å². The number of anilines is 1. The number of ether oxygens (including phenoxy) is 1. The number of carbonyl (C=O) groups excluding carboxylic acids is 4. The van der Waals surface area contributed by atoms with E-state index in [0.717, 1.165) is 4.90 Å². The molecule has 2 fully saturated rings. The highest BCUT2D eigenvalue weighted by Crippen LogP contribution is 2.21. The topological polar surface area (TPSA) is 99.3 Å². The standard InChI is InChI=1S/C20H26N4O5/c1-20(2,3)29-19(28)23-11-9-22(10-12-23)16(25)13-15-17(26)24(18(27)21-15)14-7-5-4-6-8-14/h4-8,15H,9-13H2,1-3H3,(H,21,27)/t15-/m1/s1. The summed E-state index contributed by atoms with van der Waals surface area (Å²) in [5.41, 5.74) is -0.105. The number of imide groups is 1. The Bertz CT molecular complexity index is 797. The molecular weight excluding hydrogens is 376 g/mol. The molecule has 1 N–H and O–H groups in total. The molecule has 0 radical (unpaired) electrons. The molecule has 156 valence electrons. The van der Waals surface area contributed by atoms with Crippen molar-refractivity contribution < 1.29 is 23.9 Å². The van der Waals surface area contributed by atoms with Crippen molar-refractivity contribution in [2.75, 3.05) is 31.1 Å². The quantitative estimate of drug-likeness (QED) is 0.774. The lowest BCUT2D eigenvalue weighted by Gasteiger charge is -2.35. The number of para-hydroxylation sites is 1. The summed E-state index contributed by atoms with van der Waals surface area (Å²) in [6.07, 6.45) is -0.512. The number of amides is 5. The number of piperazine rings is 1. The molecule has 0 saturated carbocycles. The van der Waals surface area contributed by atoms with Gasteiger partial charge in [-0.1, -0.05) is 18.2 Å². The number of benzene rings is 1. The van der Waals surface area contributed by atoms with Crippen LogP contribution < -0.4 is 10.2 Å². The van der Waals surface area contributed by atoms with Crippen LogP contribution in [0, 0.1) is 0 Å². The number of carbonyl (C=O) groups is 4. The predicted molar refractivity (Wildman–Crippen MR) is 105 cm³/mol. The minimum atomic E-state index is -0.890. The maximum absolute atomic E-state index is 12.6. The van der Waals surface area contributed by atoms with E-state index in [1.807, 2.05) is 0 Å². The summed E-state index contributed by atoms with van der Waals surface area (Å²) in [6, 6.07) is 7.17. The molecule has 3 rings (SSSR count). The smallest absolute Gasteiger partial charge is 0.410 e. The second-order valence-electron chi connectivity index (χ2n) is 8.06. The lowest BCUT2D eigenvalue weighted by atomic mass is 10.1. The van der Waals surface area contributed by atoms with Gasteiger partial charge in [-0.15, -0.1) is 0 Å². The second-order valence-corrected chi connectivity index (χ2v) is 8.06. The molecule has 0 unspecified atom stereocenters. The lowest BCUT2D eigenvalue weighted by Crippen LogP contribution is -2.52. The Balaban J connectivity index is 1.53. The second kappa shape index (κ2) is 8.10. The molecule has 2 aliphatic rings. The Labute approximate surface area is 169 Å². The van der Waals surface area contributed by atoms with E-state index < -0.39 is 29.7 Å². The van der Waals surface area contributed by atoms with Gasteiger partial charge in [0.05, 0.1) is 12.1 Å². The molecule has 1 aromatic carbocycles. The molecule has 0 spiro atoms. The Hall–Kier alpha value is -3.10. The first-order chi connectivity index (χ1) is 13.7. The van der Waals surface area contributed by atoms with Gasteiger partial charge in [0.25, 0.3) is 5.91 Å². The van der Waals surface area contributed by atoms with Crippen LogP contribution in [0.15, 0.2) is 30.3 Å². The third kappa shape index (κ3) is 4.85. The fourth-order valence-corrected chi connectivity index (χ4v) is 3.26. The number of nitrogens with one attached hydrogen (secondary N) is 1. The minimum absolute atomic E-state index is 0.111. The Morgan fingerprint density at radius 3 is 2.21 bits per heavy atom. The summed E-state index contributed by atoms with van der Waals surface area (Å²) in [7, 11) is 0. The largest absolute Gasteiger partial charge is 0.444 e. The molecule has 1 atom stereocenters. The van der Waals surface area contributed by atoms with Crippen molar-refractivity contribution in [2.24, 2.45) is 0 Å². The van der Waals surface area contributed by atoms with E-state index in [9.17, 15) is 19.2 Å². The maximum atomic E-state index is 12.6. The van der Waals surface area contributed by atoms with Crippen LogP contribution in [0.25, 0.3) is 0 Å². The van der Waals surface area contributed by atoms with Gasteiger partial charge in [0.15, 0.2) is 0 Å². The first-order valence-electron chi connectivity index (χ1n) is 9.61. The monoisotopic (exact) mass is 402 g/mol. The van der Waals surface area contributed by atoms with Gasteiger partial charge in [-0.3, -0.25) is 9.59 Å². The highest BCUT2D eigenvalue weighted by molar-refractivity contribution is 6.22. The fraction of sp³-hybridized carbons (Fsp3) is 0.500. The van der Waals surface area contributed by atoms with Crippen LogP contribution in [0.3, 0.4) is 0 Å². The average Bonchev–Trinajstić information content (AvgIpc) is 2.94.